The highest BCUT2D eigenvalue weighted by molar-refractivity contribution is 8.00. The molecule has 9 heteroatoms. The molecule has 33 heavy (non-hydrogen) atoms. The summed E-state index contributed by atoms with van der Waals surface area (Å²) in [4.78, 5) is 29.5. The molecular formula is C24H24N4O3S2. The summed E-state index contributed by atoms with van der Waals surface area (Å²) in [6, 6.07) is 14.1. The number of aryl methyl sites for hydroxylation is 1. The second-order valence-electron chi connectivity index (χ2n) is 7.60. The van der Waals surface area contributed by atoms with E-state index in [4.69, 9.17) is 4.74 Å². The Hall–Kier alpha value is -3.17. The van der Waals surface area contributed by atoms with E-state index in [2.05, 4.69) is 27.3 Å². The fourth-order valence-electron chi connectivity index (χ4n) is 3.69. The lowest BCUT2D eigenvalue weighted by Gasteiger charge is -2.13. The van der Waals surface area contributed by atoms with Gasteiger partial charge in [0.1, 0.15) is 0 Å². The van der Waals surface area contributed by atoms with Crippen LogP contribution in [0.5, 0.6) is 0 Å². The van der Waals surface area contributed by atoms with E-state index in [1.165, 1.54) is 18.9 Å². The second kappa shape index (κ2) is 9.76. The van der Waals surface area contributed by atoms with Gasteiger partial charge in [-0.15, -0.1) is 21.5 Å². The largest absolute Gasteiger partial charge is 0.465 e. The van der Waals surface area contributed by atoms with Gasteiger partial charge in [0.25, 0.3) is 0 Å². The smallest absolute Gasteiger partial charge is 0.339 e. The average Bonchev–Trinajstić information content (AvgIpc) is 3.54. The van der Waals surface area contributed by atoms with Crippen LogP contribution in [-0.4, -0.2) is 43.9 Å². The van der Waals surface area contributed by atoms with E-state index < -0.39 is 11.2 Å². The number of hydrogen-bond acceptors (Lipinski definition) is 7. The van der Waals surface area contributed by atoms with E-state index in [-0.39, 0.29) is 5.78 Å². The molecule has 1 atom stereocenters. The lowest BCUT2D eigenvalue weighted by molar-refractivity contribution is 0.0599. The molecule has 4 rings (SSSR count). The predicted octanol–water partition coefficient (Wildman–Crippen LogP) is 5.15. The summed E-state index contributed by atoms with van der Waals surface area (Å²) in [7, 11) is 1.33. The van der Waals surface area contributed by atoms with Crippen LogP contribution >= 0.6 is 23.1 Å². The zero-order valence-corrected chi connectivity index (χ0v) is 20.4. The highest BCUT2D eigenvalue weighted by atomic mass is 32.2. The molecule has 7 nitrogen and oxygen atoms in total. The minimum atomic E-state index is -0.455. The molecule has 0 bridgehead atoms. The lowest BCUT2D eigenvalue weighted by Crippen LogP contribution is -2.17. The van der Waals surface area contributed by atoms with E-state index in [0.29, 0.717) is 34.2 Å². The maximum absolute atomic E-state index is 13.3. The molecule has 0 saturated carbocycles. The highest BCUT2D eigenvalue weighted by Crippen LogP contribution is 2.32. The number of Topliss-reactive ketones (excluding diaryl/α,β-unsaturated/α-hetero) is 1. The van der Waals surface area contributed by atoms with Crippen molar-refractivity contribution in [1.82, 2.24) is 19.7 Å². The SMILES string of the molecule is COC(=O)c1c(C)[nH]c(C(=O)[C@H](C)Sc2nnc(-c3cccs3)n2Cc2ccccc2)c1C. The monoisotopic (exact) mass is 480 g/mol. The Morgan fingerprint density at radius 2 is 1.91 bits per heavy atom. The number of methoxy groups -OCH3 is 1. The Morgan fingerprint density at radius 1 is 1.15 bits per heavy atom. The number of benzene rings is 1. The second-order valence-corrected chi connectivity index (χ2v) is 9.85. The minimum absolute atomic E-state index is 0.109. The van der Waals surface area contributed by atoms with Gasteiger partial charge in [-0.25, -0.2) is 4.79 Å². The standard InChI is InChI=1S/C24H24N4O3S2/c1-14-19(23(30)31-4)15(2)25-20(14)21(29)16(3)33-24-27-26-22(18-11-8-12-32-18)28(24)13-17-9-6-5-7-10-17/h5-12,16,25H,13H2,1-4H3/t16-/m0/s1. The van der Waals surface area contributed by atoms with Gasteiger partial charge in [-0.2, -0.15) is 0 Å². The van der Waals surface area contributed by atoms with Gasteiger partial charge in [0.2, 0.25) is 0 Å². The maximum atomic E-state index is 13.3. The molecule has 0 fully saturated rings. The lowest BCUT2D eigenvalue weighted by atomic mass is 10.1. The number of esters is 1. The number of nitrogens with one attached hydrogen (secondary N) is 1. The Balaban J connectivity index is 1.64. The summed E-state index contributed by atoms with van der Waals surface area (Å²) in [5, 5.41) is 11.1. The number of carbonyl (C=O) groups is 2. The Labute approximate surface area is 200 Å². The van der Waals surface area contributed by atoms with Gasteiger partial charge in [-0.1, -0.05) is 48.2 Å². The van der Waals surface area contributed by atoms with Crippen molar-refractivity contribution in [2.24, 2.45) is 0 Å². The van der Waals surface area contributed by atoms with Crippen molar-refractivity contribution in [3.8, 4) is 10.7 Å². The third kappa shape index (κ3) is 4.65. The fraction of sp³-hybridized carbons (Fsp3) is 0.250. The molecule has 170 valence electrons. The molecular weight excluding hydrogens is 456 g/mol. The minimum Gasteiger partial charge on any atom is -0.465 e. The average molecular weight is 481 g/mol. The van der Waals surface area contributed by atoms with Crippen molar-refractivity contribution in [2.45, 2.75) is 37.7 Å². The molecule has 0 aliphatic heterocycles. The highest BCUT2D eigenvalue weighted by Gasteiger charge is 2.27. The van der Waals surface area contributed by atoms with Crippen molar-refractivity contribution in [3.05, 3.63) is 75.9 Å². The molecule has 1 aromatic carbocycles. The van der Waals surface area contributed by atoms with Crippen LogP contribution in [0.2, 0.25) is 0 Å². The molecule has 0 amide bonds. The van der Waals surface area contributed by atoms with Crippen LogP contribution in [0.4, 0.5) is 0 Å². The molecule has 4 aromatic rings. The molecule has 1 N–H and O–H groups in total. The number of H-pyrrole nitrogens is 1. The third-order valence-corrected chi connectivity index (χ3v) is 7.31. The number of carbonyl (C=O) groups excluding carboxylic acids is 2. The number of thiophene rings is 1. The van der Waals surface area contributed by atoms with Crippen LogP contribution in [0.15, 0.2) is 53.0 Å². The number of aromatic nitrogens is 4. The molecule has 0 aliphatic rings. The molecule has 0 radical (unpaired) electrons. The number of hydrogen-bond donors (Lipinski definition) is 1. The first-order chi connectivity index (χ1) is 15.9. The van der Waals surface area contributed by atoms with Crippen LogP contribution < -0.4 is 0 Å². The van der Waals surface area contributed by atoms with Crippen molar-refractivity contribution >= 4 is 34.9 Å². The third-order valence-electron chi connectivity index (χ3n) is 5.37. The first-order valence-electron chi connectivity index (χ1n) is 10.4. The van der Waals surface area contributed by atoms with E-state index in [9.17, 15) is 9.59 Å². The Bertz CT molecular complexity index is 1280. The fourth-order valence-corrected chi connectivity index (χ4v) is 5.32. The van der Waals surface area contributed by atoms with Gasteiger partial charge < -0.3 is 9.72 Å². The van der Waals surface area contributed by atoms with Gasteiger partial charge in [0, 0.05) is 5.69 Å². The van der Waals surface area contributed by atoms with Gasteiger partial charge in [0.05, 0.1) is 35.0 Å². The Morgan fingerprint density at radius 3 is 2.58 bits per heavy atom. The van der Waals surface area contributed by atoms with E-state index >= 15 is 0 Å². The van der Waals surface area contributed by atoms with Crippen LogP contribution in [0.1, 0.15) is 44.6 Å². The molecule has 0 saturated heterocycles. The zero-order valence-electron chi connectivity index (χ0n) is 18.8. The maximum Gasteiger partial charge on any atom is 0.339 e. The van der Waals surface area contributed by atoms with Gasteiger partial charge in [0.15, 0.2) is 16.8 Å². The topological polar surface area (TPSA) is 89.9 Å². The molecule has 3 heterocycles. The molecule has 0 aliphatic carbocycles. The van der Waals surface area contributed by atoms with Crippen molar-refractivity contribution in [1.29, 1.82) is 0 Å². The predicted molar refractivity (Wildman–Crippen MR) is 130 cm³/mol. The summed E-state index contributed by atoms with van der Waals surface area (Å²) in [6.07, 6.45) is 0. The number of nitrogens with zero attached hydrogens (tertiary/aromatic N) is 3. The van der Waals surface area contributed by atoms with E-state index in [0.717, 1.165) is 16.3 Å². The first-order valence-corrected chi connectivity index (χ1v) is 12.2. The van der Waals surface area contributed by atoms with Gasteiger partial charge in [-0.05, 0) is 43.3 Å². The molecule has 3 aromatic heterocycles. The van der Waals surface area contributed by atoms with E-state index in [1.807, 2.05) is 47.2 Å². The quantitative estimate of drug-likeness (QED) is 0.213. The van der Waals surface area contributed by atoms with Crippen LogP contribution in [0.3, 0.4) is 0 Å². The van der Waals surface area contributed by atoms with Gasteiger partial charge >= 0.3 is 5.97 Å². The van der Waals surface area contributed by atoms with Crippen molar-refractivity contribution in [2.75, 3.05) is 7.11 Å². The van der Waals surface area contributed by atoms with Crippen molar-refractivity contribution in [3.63, 3.8) is 0 Å². The number of ketones is 1. The number of ether oxygens (including phenoxy) is 1. The molecule has 0 spiro atoms. The van der Waals surface area contributed by atoms with Gasteiger partial charge in [-0.3, -0.25) is 9.36 Å². The number of aromatic amines is 1. The summed E-state index contributed by atoms with van der Waals surface area (Å²) < 4.78 is 6.91. The van der Waals surface area contributed by atoms with Crippen LogP contribution in [0, 0.1) is 13.8 Å². The Kier molecular flexibility index (Phi) is 6.80. The zero-order chi connectivity index (χ0) is 23.5. The summed E-state index contributed by atoms with van der Waals surface area (Å²) in [6.45, 7) is 5.95. The van der Waals surface area contributed by atoms with Crippen molar-refractivity contribution < 1.29 is 14.3 Å². The molecule has 0 unspecified atom stereocenters. The number of rotatable bonds is 8. The number of thioether (sulfide) groups is 1. The summed E-state index contributed by atoms with van der Waals surface area (Å²) in [5.74, 6) is 0.211. The first kappa shape index (κ1) is 23.0. The van der Waals surface area contributed by atoms with Crippen LogP contribution in [-0.2, 0) is 11.3 Å². The normalized spacial score (nSPS) is 12.0. The summed E-state index contributed by atoms with van der Waals surface area (Å²) >= 11 is 2.96. The van der Waals surface area contributed by atoms with Crippen LogP contribution in [0.25, 0.3) is 10.7 Å². The summed E-state index contributed by atoms with van der Waals surface area (Å²) in [5.41, 5.74) is 3.16. The van der Waals surface area contributed by atoms with E-state index in [1.54, 1.807) is 25.2 Å².